The number of aryl methyl sites for hydroxylation is 1. The molecule has 2 fully saturated rings. The summed E-state index contributed by atoms with van der Waals surface area (Å²) in [6, 6.07) is 7.68. The molecule has 0 spiro atoms. The predicted octanol–water partition coefficient (Wildman–Crippen LogP) is 4.76. The van der Waals surface area contributed by atoms with Crippen molar-refractivity contribution in [2.75, 3.05) is 5.32 Å². The topological polar surface area (TPSA) is 46.9 Å². The van der Waals surface area contributed by atoms with Gasteiger partial charge in [0.05, 0.1) is 5.56 Å². The Bertz CT molecular complexity index is 783. The lowest BCUT2D eigenvalue weighted by Gasteiger charge is -2.11. The number of alkyl halides is 2. The van der Waals surface area contributed by atoms with E-state index in [1.807, 2.05) is 24.3 Å². The van der Waals surface area contributed by atoms with Crippen LogP contribution in [0.2, 0.25) is 0 Å². The van der Waals surface area contributed by atoms with E-state index in [0.717, 1.165) is 29.5 Å². The first-order valence-electron chi connectivity index (χ1n) is 8.26. The number of anilines is 1. The van der Waals surface area contributed by atoms with Gasteiger partial charge in [-0.3, -0.25) is 9.48 Å². The van der Waals surface area contributed by atoms with Gasteiger partial charge >= 0.3 is 0 Å². The first-order chi connectivity index (χ1) is 11.5. The maximum Gasteiger partial charge on any atom is 0.282 e. The molecule has 0 bridgehead atoms. The average Bonchev–Trinajstić information content (AvgIpc) is 3.44. The molecule has 1 amide bonds. The van der Waals surface area contributed by atoms with E-state index >= 15 is 0 Å². The third-order valence-corrected chi connectivity index (χ3v) is 4.98. The highest BCUT2D eigenvalue weighted by atomic mass is 19.3. The van der Waals surface area contributed by atoms with E-state index in [0.29, 0.717) is 5.92 Å². The molecule has 4 rings (SSSR count). The van der Waals surface area contributed by atoms with Crippen LogP contribution < -0.4 is 5.32 Å². The Morgan fingerprint density at radius 1 is 1.32 bits per heavy atom. The fraction of sp³-hybridized carbons (Fsp3) is 0.474. The van der Waals surface area contributed by atoms with Gasteiger partial charge < -0.3 is 5.32 Å². The molecule has 1 aromatic carbocycles. The minimum atomic E-state index is -2.77. The Kier molecular flexibility index (Phi) is 4.62. The van der Waals surface area contributed by atoms with Crippen molar-refractivity contribution in [1.82, 2.24) is 9.78 Å². The zero-order valence-corrected chi connectivity index (χ0v) is 13.4. The maximum absolute atomic E-state index is 13.0. The molecule has 0 unspecified atom stereocenters. The van der Waals surface area contributed by atoms with Crippen LogP contribution in [0.15, 0.2) is 30.5 Å². The number of carbonyl (C=O) groups excluding carboxylic acids is 1. The molecule has 1 N–H and O–H groups in total. The van der Waals surface area contributed by atoms with Crippen LogP contribution >= 0.6 is 0 Å². The highest BCUT2D eigenvalue weighted by Gasteiger charge is 2.48. The molecule has 25 heavy (non-hydrogen) atoms. The standard InChI is InChI=1S/C18H19F2N3O.CH4/c1-23-9-14(16(22-23)17(19)20)18(24)21-15-5-3-2-4-11(15)13-8-12(13)10-6-7-10;/h2-5,9-10,12-13,17H,6-8H2,1H3,(H,21,24);1H4/t12-,13-;/m0./s1. The molecule has 0 radical (unpaired) electrons. The number of nitrogens with zero attached hydrogens (tertiary/aromatic N) is 2. The molecule has 4 nitrogen and oxygen atoms in total. The average molecular weight is 347 g/mol. The Balaban J connectivity index is 0.00000182. The summed E-state index contributed by atoms with van der Waals surface area (Å²) in [5, 5.41) is 6.50. The van der Waals surface area contributed by atoms with Gasteiger partial charge in [0, 0.05) is 18.9 Å². The molecular formula is C19H23F2N3O. The molecule has 1 aromatic heterocycles. The SMILES string of the molecule is C.Cn1cc(C(=O)Nc2ccccc2[C@@H]2C[C@H]2C2CC2)c(C(F)F)n1. The first kappa shape index (κ1) is 17.6. The lowest BCUT2D eigenvalue weighted by molar-refractivity contribution is 0.101. The van der Waals surface area contributed by atoms with E-state index in [2.05, 4.69) is 10.4 Å². The molecule has 2 aliphatic rings. The van der Waals surface area contributed by atoms with Crippen molar-refractivity contribution < 1.29 is 13.6 Å². The number of aromatic nitrogens is 2. The number of para-hydroxylation sites is 1. The number of nitrogens with one attached hydrogen (secondary N) is 1. The number of benzene rings is 1. The third-order valence-electron chi connectivity index (χ3n) is 4.98. The van der Waals surface area contributed by atoms with E-state index in [1.165, 1.54) is 30.8 Å². The quantitative estimate of drug-likeness (QED) is 0.848. The highest BCUT2D eigenvalue weighted by molar-refractivity contribution is 6.05. The van der Waals surface area contributed by atoms with Crippen LogP contribution in [-0.2, 0) is 7.05 Å². The van der Waals surface area contributed by atoms with Gasteiger partial charge in [-0.25, -0.2) is 8.78 Å². The van der Waals surface area contributed by atoms with Crippen LogP contribution in [0, 0.1) is 11.8 Å². The Labute approximate surface area is 146 Å². The Hall–Kier alpha value is -2.24. The second kappa shape index (κ2) is 6.58. The molecule has 0 aliphatic heterocycles. The lowest BCUT2D eigenvalue weighted by Crippen LogP contribution is -2.14. The van der Waals surface area contributed by atoms with E-state index in [-0.39, 0.29) is 13.0 Å². The number of hydrogen-bond donors (Lipinski definition) is 1. The van der Waals surface area contributed by atoms with Crippen LogP contribution in [-0.4, -0.2) is 15.7 Å². The first-order valence-corrected chi connectivity index (χ1v) is 8.26. The van der Waals surface area contributed by atoms with Gasteiger partial charge in [-0.15, -0.1) is 0 Å². The van der Waals surface area contributed by atoms with Crippen LogP contribution in [0.3, 0.4) is 0 Å². The van der Waals surface area contributed by atoms with E-state index < -0.39 is 18.0 Å². The van der Waals surface area contributed by atoms with E-state index in [4.69, 9.17) is 0 Å². The smallest absolute Gasteiger partial charge is 0.282 e. The molecule has 6 heteroatoms. The summed E-state index contributed by atoms with van der Waals surface area (Å²) >= 11 is 0. The Morgan fingerprint density at radius 3 is 2.72 bits per heavy atom. The van der Waals surface area contributed by atoms with Crippen LogP contribution in [0.25, 0.3) is 0 Å². The van der Waals surface area contributed by atoms with Gasteiger partial charge in [0.1, 0.15) is 5.69 Å². The fourth-order valence-electron chi connectivity index (χ4n) is 3.58. The number of hydrogen-bond acceptors (Lipinski definition) is 2. The van der Waals surface area contributed by atoms with Crippen LogP contribution in [0.4, 0.5) is 14.5 Å². The van der Waals surface area contributed by atoms with Crippen molar-refractivity contribution >= 4 is 11.6 Å². The fourth-order valence-corrected chi connectivity index (χ4v) is 3.58. The van der Waals surface area contributed by atoms with Gasteiger partial charge in [0.25, 0.3) is 12.3 Å². The zero-order valence-electron chi connectivity index (χ0n) is 13.4. The van der Waals surface area contributed by atoms with Crippen molar-refractivity contribution in [3.63, 3.8) is 0 Å². The normalized spacial score (nSPS) is 21.8. The van der Waals surface area contributed by atoms with Gasteiger partial charge in [0.2, 0.25) is 0 Å². The van der Waals surface area contributed by atoms with Crippen molar-refractivity contribution in [3.05, 3.63) is 47.3 Å². The van der Waals surface area contributed by atoms with Crippen LogP contribution in [0.5, 0.6) is 0 Å². The number of carbonyl (C=O) groups is 1. The maximum atomic E-state index is 13.0. The van der Waals surface area contributed by atoms with Gasteiger partial charge in [-0.05, 0) is 48.6 Å². The number of rotatable bonds is 5. The van der Waals surface area contributed by atoms with Gasteiger partial charge in [0.15, 0.2) is 0 Å². The second-order valence-corrected chi connectivity index (χ2v) is 6.79. The number of amides is 1. The molecule has 2 saturated carbocycles. The predicted molar refractivity (Wildman–Crippen MR) is 92.9 cm³/mol. The zero-order chi connectivity index (χ0) is 16.8. The third kappa shape index (κ3) is 3.43. The summed E-state index contributed by atoms with van der Waals surface area (Å²) < 4.78 is 27.3. The molecule has 134 valence electrons. The highest BCUT2D eigenvalue weighted by Crippen LogP contribution is 2.60. The summed E-state index contributed by atoms with van der Waals surface area (Å²) in [7, 11) is 1.53. The second-order valence-electron chi connectivity index (χ2n) is 6.79. The Morgan fingerprint density at radius 2 is 2.04 bits per heavy atom. The largest absolute Gasteiger partial charge is 0.322 e. The van der Waals surface area contributed by atoms with Crippen molar-refractivity contribution in [2.24, 2.45) is 18.9 Å². The molecule has 2 aromatic rings. The lowest BCUT2D eigenvalue weighted by atomic mass is 10.0. The van der Waals surface area contributed by atoms with Gasteiger partial charge in [-0.2, -0.15) is 5.10 Å². The monoisotopic (exact) mass is 347 g/mol. The summed E-state index contributed by atoms with van der Waals surface area (Å²) in [4.78, 5) is 12.5. The summed E-state index contributed by atoms with van der Waals surface area (Å²) in [6.07, 6.45) is 2.34. The van der Waals surface area contributed by atoms with Gasteiger partial charge in [-0.1, -0.05) is 25.6 Å². The summed E-state index contributed by atoms with van der Waals surface area (Å²) in [5.74, 6) is 1.51. The van der Waals surface area contributed by atoms with E-state index in [1.54, 1.807) is 0 Å². The summed E-state index contributed by atoms with van der Waals surface area (Å²) in [6.45, 7) is 0. The molecule has 2 aliphatic carbocycles. The minimum absolute atomic E-state index is 0. The van der Waals surface area contributed by atoms with Crippen LogP contribution in [0.1, 0.15) is 60.6 Å². The molecule has 0 saturated heterocycles. The van der Waals surface area contributed by atoms with E-state index in [9.17, 15) is 13.6 Å². The van der Waals surface area contributed by atoms with Crippen molar-refractivity contribution in [3.8, 4) is 0 Å². The number of halogens is 2. The molecular weight excluding hydrogens is 324 g/mol. The van der Waals surface area contributed by atoms with Crippen molar-refractivity contribution in [1.29, 1.82) is 0 Å². The summed E-state index contributed by atoms with van der Waals surface area (Å²) in [5.41, 5.74) is 1.29. The van der Waals surface area contributed by atoms with Crippen molar-refractivity contribution in [2.45, 2.75) is 39.0 Å². The molecule has 2 atom stereocenters. The minimum Gasteiger partial charge on any atom is -0.322 e. The molecule has 1 heterocycles.